The van der Waals surface area contributed by atoms with E-state index in [1.807, 2.05) is 0 Å². The highest BCUT2D eigenvalue weighted by molar-refractivity contribution is 7.91. The van der Waals surface area contributed by atoms with Gasteiger partial charge in [0.1, 0.15) is 17.7 Å². The minimum absolute atomic E-state index is 0.00765. The molecule has 0 spiro atoms. The second kappa shape index (κ2) is 6.93. The van der Waals surface area contributed by atoms with Gasteiger partial charge >= 0.3 is 6.03 Å². The van der Waals surface area contributed by atoms with Crippen molar-refractivity contribution in [2.45, 2.75) is 17.9 Å². The lowest BCUT2D eigenvalue weighted by atomic mass is 10.3. The number of urea groups is 1. The first-order valence-corrected chi connectivity index (χ1v) is 9.53. The Hall–Kier alpha value is -2.65. The first-order valence-electron chi connectivity index (χ1n) is 7.50. The van der Waals surface area contributed by atoms with Crippen LogP contribution in [0.2, 0.25) is 5.02 Å². The van der Waals surface area contributed by atoms with E-state index in [9.17, 15) is 18.0 Å². The van der Waals surface area contributed by atoms with Crippen molar-refractivity contribution >= 4 is 33.4 Å². The summed E-state index contributed by atoms with van der Waals surface area (Å²) >= 11 is 5.75. The third-order valence-corrected chi connectivity index (χ3v) is 5.58. The maximum atomic E-state index is 12.5. The van der Waals surface area contributed by atoms with E-state index in [4.69, 9.17) is 16.3 Å². The molecule has 1 aromatic heterocycles. The molecular weight excluding hydrogens is 382 g/mol. The quantitative estimate of drug-likeness (QED) is 0.778. The summed E-state index contributed by atoms with van der Waals surface area (Å²) in [6.07, 6.45) is 1.43. The fourth-order valence-corrected chi connectivity index (χ4v) is 3.80. The van der Waals surface area contributed by atoms with Crippen LogP contribution < -0.4 is 10.1 Å². The number of carbonyl (C=O) groups excluding carboxylic acids is 2. The number of hydrogen-bond donors (Lipinski definition) is 1. The molecule has 0 bridgehead atoms. The lowest BCUT2D eigenvalue weighted by Gasteiger charge is -2.18. The largest absolute Gasteiger partial charge is 0.439 e. The molecule has 0 saturated carbocycles. The fraction of sp³-hybridized carbons (Fsp3) is 0.188. The predicted octanol–water partition coefficient (Wildman–Crippen LogP) is 2.20. The van der Waals surface area contributed by atoms with Crippen LogP contribution in [0.4, 0.5) is 4.79 Å². The zero-order chi connectivity index (χ0) is 18.9. The third-order valence-electron chi connectivity index (χ3n) is 3.75. The summed E-state index contributed by atoms with van der Waals surface area (Å²) in [6, 6.07) is 7.31. The number of amides is 3. The van der Waals surface area contributed by atoms with Crippen LogP contribution >= 0.6 is 11.6 Å². The summed E-state index contributed by atoms with van der Waals surface area (Å²) in [6.45, 7) is 1.46. The molecule has 1 aliphatic heterocycles. The Morgan fingerprint density at radius 1 is 1.19 bits per heavy atom. The summed E-state index contributed by atoms with van der Waals surface area (Å²) in [5, 5.41) is 2.55. The van der Waals surface area contributed by atoms with Gasteiger partial charge in [-0.3, -0.25) is 15.0 Å². The van der Waals surface area contributed by atoms with Crippen molar-refractivity contribution in [2.24, 2.45) is 0 Å². The summed E-state index contributed by atoms with van der Waals surface area (Å²) in [5.41, 5.74) is 0. The zero-order valence-corrected chi connectivity index (χ0v) is 15.1. The fourth-order valence-electron chi connectivity index (χ4n) is 2.29. The average molecular weight is 396 g/mol. The second-order valence-electron chi connectivity index (χ2n) is 5.57. The number of carbonyl (C=O) groups is 2. The molecule has 26 heavy (non-hydrogen) atoms. The third kappa shape index (κ3) is 3.78. The van der Waals surface area contributed by atoms with Crippen molar-refractivity contribution in [1.29, 1.82) is 0 Å². The standard InChI is InChI=1S/C16H14ClN3O5S/c1-10-15(21)19-16(22)20(10)9-26(23,24)13-5-3-12(4-6-13)25-14-7-2-11(17)8-18-14/h2-8,10H,9H2,1H3,(H,19,21,22)/t10-/m1/s1. The van der Waals surface area contributed by atoms with Crippen LogP contribution in [0.3, 0.4) is 0 Å². The van der Waals surface area contributed by atoms with Crippen molar-refractivity contribution in [1.82, 2.24) is 15.2 Å². The number of benzene rings is 1. The summed E-state index contributed by atoms with van der Waals surface area (Å²) < 4.78 is 30.5. The van der Waals surface area contributed by atoms with Crippen molar-refractivity contribution in [3.63, 3.8) is 0 Å². The van der Waals surface area contributed by atoms with Crippen molar-refractivity contribution in [3.8, 4) is 11.6 Å². The molecule has 1 aliphatic rings. The van der Waals surface area contributed by atoms with Gasteiger partial charge in [0.2, 0.25) is 5.88 Å². The molecular formula is C16H14ClN3O5S. The smallest absolute Gasteiger partial charge is 0.325 e. The van der Waals surface area contributed by atoms with E-state index in [-0.39, 0.29) is 4.90 Å². The molecule has 1 atom stereocenters. The molecule has 2 aromatic rings. The molecule has 0 radical (unpaired) electrons. The lowest BCUT2D eigenvalue weighted by molar-refractivity contribution is -0.120. The van der Waals surface area contributed by atoms with Gasteiger partial charge in [0.25, 0.3) is 5.91 Å². The van der Waals surface area contributed by atoms with Gasteiger partial charge in [0, 0.05) is 12.3 Å². The van der Waals surface area contributed by atoms with Gasteiger partial charge in [-0.15, -0.1) is 0 Å². The van der Waals surface area contributed by atoms with E-state index in [1.165, 1.54) is 37.4 Å². The molecule has 136 valence electrons. The minimum Gasteiger partial charge on any atom is -0.439 e. The Morgan fingerprint density at radius 2 is 1.88 bits per heavy atom. The van der Waals surface area contributed by atoms with Gasteiger partial charge in [-0.25, -0.2) is 18.2 Å². The highest BCUT2D eigenvalue weighted by atomic mass is 35.5. The Balaban J connectivity index is 1.73. The summed E-state index contributed by atoms with van der Waals surface area (Å²) in [7, 11) is -3.80. The van der Waals surface area contributed by atoms with Gasteiger partial charge in [-0.2, -0.15) is 0 Å². The first kappa shape index (κ1) is 18.2. The van der Waals surface area contributed by atoms with Gasteiger partial charge in [0.05, 0.1) is 9.92 Å². The molecule has 1 fully saturated rings. The molecule has 0 aliphatic carbocycles. The number of nitrogens with one attached hydrogen (secondary N) is 1. The van der Waals surface area contributed by atoms with E-state index in [1.54, 1.807) is 12.1 Å². The lowest BCUT2D eigenvalue weighted by Crippen LogP contribution is -2.37. The molecule has 1 N–H and O–H groups in total. The van der Waals surface area contributed by atoms with E-state index in [2.05, 4.69) is 10.3 Å². The van der Waals surface area contributed by atoms with Gasteiger partial charge < -0.3 is 4.74 Å². The highest BCUT2D eigenvalue weighted by Gasteiger charge is 2.37. The van der Waals surface area contributed by atoms with Crippen LogP contribution in [-0.4, -0.2) is 42.2 Å². The van der Waals surface area contributed by atoms with E-state index in [0.29, 0.717) is 16.7 Å². The second-order valence-corrected chi connectivity index (χ2v) is 7.97. The summed E-state index contributed by atoms with van der Waals surface area (Å²) in [4.78, 5) is 28.1. The van der Waals surface area contributed by atoms with Crippen LogP contribution in [0.5, 0.6) is 11.6 Å². The molecule has 3 amide bonds. The Labute approximate surface area is 154 Å². The molecule has 1 aromatic carbocycles. The average Bonchev–Trinajstić information content (AvgIpc) is 2.83. The Bertz CT molecular complexity index is 945. The Morgan fingerprint density at radius 3 is 2.42 bits per heavy atom. The number of ether oxygens (including phenoxy) is 1. The van der Waals surface area contributed by atoms with Gasteiger partial charge in [0.15, 0.2) is 9.84 Å². The number of rotatable bonds is 5. The molecule has 3 rings (SSSR count). The van der Waals surface area contributed by atoms with Crippen LogP contribution in [-0.2, 0) is 14.6 Å². The topological polar surface area (TPSA) is 106 Å². The maximum absolute atomic E-state index is 12.5. The van der Waals surface area contributed by atoms with Crippen LogP contribution in [0, 0.1) is 0 Å². The monoisotopic (exact) mass is 395 g/mol. The van der Waals surface area contributed by atoms with Gasteiger partial charge in [-0.1, -0.05) is 11.6 Å². The van der Waals surface area contributed by atoms with E-state index >= 15 is 0 Å². The first-order chi connectivity index (χ1) is 12.3. The number of halogens is 1. The minimum atomic E-state index is -3.80. The van der Waals surface area contributed by atoms with Crippen LogP contribution in [0.1, 0.15) is 6.92 Å². The number of nitrogens with zero attached hydrogens (tertiary/aromatic N) is 2. The molecule has 8 nitrogen and oxygen atoms in total. The number of imide groups is 1. The SMILES string of the molecule is C[C@@H]1C(=O)NC(=O)N1CS(=O)(=O)c1ccc(Oc2ccc(Cl)cn2)cc1. The molecule has 1 saturated heterocycles. The van der Waals surface area contributed by atoms with Crippen molar-refractivity contribution in [3.05, 3.63) is 47.6 Å². The summed E-state index contributed by atoms with van der Waals surface area (Å²) in [5.74, 6) is -0.415. The molecule has 10 heteroatoms. The molecule has 2 heterocycles. The highest BCUT2D eigenvalue weighted by Crippen LogP contribution is 2.23. The van der Waals surface area contributed by atoms with Crippen LogP contribution in [0.25, 0.3) is 0 Å². The molecule has 0 unspecified atom stereocenters. The van der Waals surface area contributed by atoms with Gasteiger partial charge in [-0.05, 0) is 37.3 Å². The number of sulfone groups is 1. The van der Waals surface area contributed by atoms with Crippen molar-refractivity contribution in [2.75, 3.05) is 5.88 Å². The van der Waals surface area contributed by atoms with Crippen LogP contribution in [0.15, 0.2) is 47.5 Å². The van der Waals surface area contributed by atoms with E-state index in [0.717, 1.165) is 4.90 Å². The van der Waals surface area contributed by atoms with Crippen molar-refractivity contribution < 1.29 is 22.7 Å². The maximum Gasteiger partial charge on any atom is 0.325 e. The Kier molecular flexibility index (Phi) is 4.84. The normalized spacial score (nSPS) is 17.3. The number of aromatic nitrogens is 1. The predicted molar refractivity (Wildman–Crippen MR) is 92.7 cm³/mol. The number of pyridine rings is 1. The zero-order valence-electron chi connectivity index (χ0n) is 13.5. The number of hydrogen-bond acceptors (Lipinski definition) is 6. The van der Waals surface area contributed by atoms with E-state index < -0.39 is 33.7 Å².